The molecule has 1 amide bonds. The SMILES string of the molecule is O=C(NCCc1ccncc1)c1ccc2c(c1)N=C(c1ccc(F)cc1)c1ccccc1S2. The Hall–Kier alpha value is -3.77. The Morgan fingerprint density at radius 2 is 1.70 bits per heavy atom. The molecule has 0 atom stereocenters. The number of aliphatic imine (C=N–C) groups is 1. The summed E-state index contributed by atoms with van der Waals surface area (Å²) in [6.45, 7) is 0.532. The van der Waals surface area contributed by atoms with E-state index in [0.29, 0.717) is 12.1 Å². The van der Waals surface area contributed by atoms with Crippen LogP contribution in [0.5, 0.6) is 0 Å². The van der Waals surface area contributed by atoms with Crippen LogP contribution in [0.4, 0.5) is 10.1 Å². The molecular formula is C27H20FN3OS. The van der Waals surface area contributed by atoms with E-state index in [1.807, 2.05) is 54.6 Å². The number of hydrogen-bond acceptors (Lipinski definition) is 4. The molecule has 0 bridgehead atoms. The molecule has 4 nitrogen and oxygen atoms in total. The van der Waals surface area contributed by atoms with Crippen LogP contribution in [0.15, 0.2) is 106 Å². The summed E-state index contributed by atoms with van der Waals surface area (Å²) in [5.74, 6) is -0.432. The molecule has 0 unspecified atom stereocenters. The number of hydrogen-bond donors (Lipinski definition) is 1. The quantitative estimate of drug-likeness (QED) is 0.364. The fourth-order valence-electron chi connectivity index (χ4n) is 3.68. The predicted molar refractivity (Wildman–Crippen MR) is 129 cm³/mol. The van der Waals surface area contributed by atoms with Gasteiger partial charge in [-0.3, -0.25) is 9.78 Å². The van der Waals surface area contributed by atoms with Crippen LogP contribution in [-0.4, -0.2) is 23.1 Å². The van der Waals surface area contributed by atoms with Gasteiger partial charge in [-0.05, 0) is 72.6 Å². The normalized spacial score (nSPS) is 12.2. The summed E-state index contributed by atoms with van der Waals surface area (Å²) >= 11 is 1.61. The molecule has 6 heteroatoms. The van der Waals surface area contributed by atoms with Crippen LogP contribution in [0.3, 0.4) is 0 Å². The van der Waals surface area contributed by atoms with E-state index in [1.165, 1.54) is 12.1 Å². The van der Waals surface area contributed by atoms with Gasteiger partial charge in [0.2, 0.25) is 0 Å². The Labute approximate surface area is 195 Å². The first-order valence-corrected chi connectivity index (χ1v) is 11.4. The summed E-state index contributed by atoms with van der Waals surface area (Å²) in [6, 6.07) is 23.8. The lowest BCUT2D eigenvalue weighted by Gasteiger charge is -2.09. The monoisotopic (exact) mass is 453 g/mol. The van der Waals surface area contributed by atoms with Gasteiger partial charge in [-0.25, -0.2) is 9.38 Å². The standard InChI is InChI=1S/C27H20FN3OS/c28-21-8-5-19(6-9-21)26-22-3-1-2-4-24(22)33-25-10-7-20(17-23(25)31-26)27(32)30-16-13-18-11-14-29-15-12-18/h1-12,14-15,17H,13,16H2,(H,30,32). The minimum atomic E-state index is -0.290. The van der Waals surface area contributed by atoms with Gasteiger partial charge in [0.1, 0.15) is 5.82 Å². The van der Waals surface area contributed by atoms with Crippen LogP contribution in [-0.2, 0) is 6.42 Å². The first-order chi connectivity index (χ1) is 16.2. The lowest BCUT2D eigenvalue weighted by Crippen LogP contribution is -2.25. The van der Waals surface area contributed by atoms with Crippen LogP contribution >= 0.6 is 11.8 Å². The Morgan fingerprint density at radius 3 is 2.52 bits per heavy atom. The molecule has 0 saturated heterocycles. The topological polar surface area (TPSA) is 54.4 Å². The van der Waals surface area contributed by atoms with E-state index in [1.54, 1.807) is 36.3 Å². The van der Waals surface area contributed by atoms with Crippen molar-refractivity contribution in [1.29, 1.82) is 0 Å². The van der Waals surface area contributed by atoms with Gasteiger partial charge < -0.3 is 5.32 Å². The van der Waals surface area contributed by atoms with Crippen molar-refractivity contribution in [2.24, 2.45) is 4.99 Å². The van der Waals surface area contributed by atoms with Crippen molar-refractivity contribution in [3.8, 4) is 0 Å². The van der Waals surface area contributed by atoms with E-state index in [2.05, 4.69) is 10.3 Å². The molecule has 4 aromatic rings. The van der Waals surface area contributed by atoms with Crippen molar-refractivity contribution in [2.45, 2.75) is 16.2 Å². The molecule has 2 heterocycles. The highest BCUT2D eigenvalue weighted by atomic mass is 32.2. The van der Waals surface area contributed by atoms with Gasteiger partial charge in [0, 0.05) is 45.4 Å². The zero-order valence-corrected chi connectivity index (χ0v) is 18.5. The second kappa shape index (κ2) is 9.38. The van der Waals surface area contributed by atoms with Gasteiger partial charge in [-0.15, -0.1) is 0 Å². The number of rotatable bonds is 5. The molecule has 0 saturated carbocycles. The molecule has 1 aliphatic rings. The largest absolute Gasteiger partial charge is 0.352 e. The second-order valence-electron chi connectivity index (χ2n) is 7.61. The molecule has 3 aromatic carbocycles. The molecule has 0 radical (unpaired) electrons. The lowest BCUT2D eigenvalue weighted by molar-refractivity contribution is 0.0954. The highest BCUT2D eigenvalue weighted by Crippen LogP contribution is 2.41. The van der Waals surface area contributed by atoms with E-state index in [-0.39, 0.29) is 11.7 Å². The number of nitrogens with one attached hydrogen (secondary N) is 1. The molecule has 0 fully saturated rings. The highest BCUT2D eigenvalue weighted by Gasteiger charge is 2.20. The Kier molecular flexibility index (Phi) is 6.00. The molecule has 162 valence electrons. The van der Waals surface area contributed by atoms with Crippen molar-refractivity contribution in [3.05, 3.63) is 119 Å². The summed E-state index contributed by atoms with van der Waals surface area (Å²) in [7, 11) is 0. The summed E-state index contributed by atoms with van der Waals surface area (Å²) < 4.78 is 13.5. The molecular weight excluding hydrogens is 433 g/mol. The zero-order chi connectivity index (χ0) is 22.6. The maximum absolute atomic E-state index is 13.5. The number of fused-ring (bicyclic) bond motifs is 2. The maximum Gasteiger partial charge on any atom is 0.251 e. The number of amides is 1. The number of nitrogens with zero attached hydrogens (tertiary/aromatic N) is 2. The van der Waals surface area contributed by atoms with Gasteiger partial charge in [0.15, 0.2) is 0 Å². The third kappa shape index (κ3) is 4.71. The Balaban J connectivity index is 1.45. The summed E-state index contributed by atoms with van der Waals surface area (Å²) in [5.41, 5.74) is 4.95. The van der Waals surface area contributed by atoms with Crippen molar-refractivity contribution < 1.29 is 9.18 Å². The Bertz CT molecular complexity index is 1340. The van der Waals surface area contributed by atoms with E-state index in [9.17, 15) is 9.18 Å². The fraction of sp³-hybridized carbons (Fsp3) is 0.0741. The van der Waals surface area contributed by atoms with Gasteiger partial charge >= 0.3 is 0 Å². The minimum absolute atomic E-state index is 0.142. The van der Waals surface area contributed by atoms with Gasteiger partial charge in [0.25, 0.3) is 5.91 Å². The third-order valence-electron chi connectivity index (χ3n) is 5.38. The smallest absolute Gasteiger partial charge is 0.251 e. The zero-order valence-electron chi connectivity index (χ0n) is 17.7. The first-order valence-electron chi connectivity index (χ1n) is 10.6. The molecule has 1 aliphatic heterocycles. The average Bonchev–Trinajstić information content (AvgIpc) is 3.01. The van der Waals surface area contributed by atoms with Crippen LogP contribution in [0, 0.1) is 5.82 Å². The van der Waals surface area contributed by atoms with Crippen LogP contribution < -0.4 is 5.32 Å². The number of pyridine rings is 1. The number of carbonyl (C=O) groups excluding carboxylic acids is 1. The third-order valence-corrected chi connectivity index (χ3v) is 6.52. The lowest BCUT2D eigenvalue weighted by atomic mass is 10.0. The molecule has 1 aromatic heterocycles. The van der Waals surface area contributed by atoms with Crippen molar-refractivity contribution in [1.82, 2.24) is 10.3 Å². The van der Waals surface area contributed by atoms with Crippen LogP contribution in [0.1, 0.15) is 27.0 Å². The number of aromatic nitrogens is 1. The highest BCUT2D eigenvalue weighted by molar-refractivity contribution is 7.99. The van der Waals surface area contributed by atoms with Crippen LogP contribution in [0.2, 0.25) is 0 Å². The molecule has 33 heavy (non-hydrogen) atoms. The summed E-state index contributed by atoms with van der Waals surface area (Å²) in [6.07, 6.45) is 4.23. The molecule has 0 aliphatic carbocycles. The summed E-state index contributed by atoms with van der Waals surface area (Å²) in [4.78, 5) is 23.8. The second-order valence-corrected chi connectivity index (χ2v) is 8.69. The number of carbonyl (C=O) groups is 1. The summed E-state index contributed by atoms with van der Waals surface area (Å²) in [5, 5.41) is 2.98. The number of halogens is 1. The van der Waals surface area contributed by atoms with Crippen molar-refractivity contribution in [3.63, 3.8) is 0 Å². The minimum Gasteiger partial charge on any atom is -0.352 e. The molecule has 0 spiro atoms. The average molecular weight is 454 g/mol. The molecule has 5 rings (SSSR count). The Morgan fingerprint density at radius 1 is 0.909 bits per heavy atom. The molecule has 1 N–H and O–H groups in total. The van der Waals surface area contributed by atoms with E-state index in [4.69, 9.17) is 4.99 Å². The fourth-order valence-corrected chi connectivity index (χ4v) is 4.69. The van der Waals surface area contributed by atoms with E-state index in [0.717, 1.165) is 44.3 Å². The predicted octanol–water partition coefficient (Wildman–Crippen LogP) is 5.83. The van der Waals surface area contributed by atoms with Crippen LogP contribution in [0.25, 0.3) is 0 Å². The maximum atomic E-state index is 13.5. The van der Waals surface area contributed by atoms with Crippen molar-refractivity contribution in [2.75, 3.05) is 6.54 Å². The van der Waals surface area contributed by atoms with Gasteiger partial charge in [0.05, 0.1) is 11.4 Å². The van der Waals surface area contributed by atoms with E-state index < -0.39 is 0 Å². The number of benzene rings is 3. The van der Waals surface area contributed by atoms with E-state index >= 15 is 0 Å². The first kappa shape index (κ1) is 21.1. The van der Waals surface area contributed by atoms with Gasteiger partial charge in [-0.2, -0.15) is 0 Å². The van der Waals surface area contributed by atoms with Gasteiger partial charge in [-0.1, -0.05) is 30.0 Å². The van der Waals surface area contributed by atoms with Crippen molar-refractivity contribution >= 4 is 29.1 Å².